The summed E-state index contributed by atoms with van der Waals surface area (Å²) in [5.74, 6) is -2.40. The maximum atomic E-state index is 13.9. The lowest BCUT2D eigenvalue weighted by atomic mass is 9.83. The van der Waals surface area contributed by atoms with Gasteiger partial charge >= 0.3 is 11.0 Å². The second kappa shape index (κ2) is 11.5. The van der Waals surface area contributed by atoms with Crippen LogP contribution in [0.5, 0.6) is 11.5 Å². The molecular formula is C30H22F3N3O6S2. The molecule has 1 saturated heterocycles. The highest BCUT2D eigenvalue weighted by atomic mass is 32.2. The number of para-hydroxylation sites is 1. The molecule has 2 N–H and O–H groups in total. The zero-order valence-corrected chi connectivity index (χ0v) is 24.3. The van der Waals surface area contributed by atoms with Crippen molar-refractivity contribution in [1.29, 1.82) is 0 Å². The number of fused-ring (bicyclic) bond motifs is 2. The van der Waals surface area contributed by atoms with Crippen LogP contribution in [0, 0.1) is 5.92 Å². The van der Waals surface area contributed by atoms with Crippen LogP contribution in [0.1, 0.15) is 21.9 Å². The predicted molar refractivity (Wildman–Crippen MR) is 157 cm³/mol. The lowest BCUT2D eigenvalue weighted by molar-refractivity contribution is -0.137. The molecule has 0 saturated carbocycles. The molecule has 3 heterocycles. The number of carbonyl (C=O) groups excluding carboxylic acids is 3. The normalized spacial score (nSPS) is 19.4. The summed E-state index contributed by atoms with van der Waals surface area (Å²) in [6.07, 6.45) is -4.65. The zero-order valence-electron chi connectivity index (χ0n) is 22.7. The molecule has 3 amide bonds. The van der Waals surface area contributed by atoms with E-state index in [9.17, 15) is 32.3 Å². The van der Waals surface area contributed by atoms with Crippen LogP contribution in [0.15, 0.2) is 82.6 Å². The molecule has 9 nitrogen and oxygen atoms in total. The number of methoxy groups -OCH3 is 1. The molecule has 3 aromatic carbocycles. The van der Waals surface area contributed by atoms with E-state index in [0.717, 1.165) is 40.1 Å². The number of imide groups is 1. The van der Waals surface area contributed by atoms with E-state index >= 15 is 0 Å². The van der Waals surface area contributed by atoms with Gasteiger partial charge in [-0.05, 0) is 54.1 Å². The molecule has 6 rings (SSSR count). The summed E-state index contributed by atoms with van der Waals surface area (Å²) in [6.45, 7) is -0.590. The molecule has 4 aromatic rings. The van der Waals surface area contributed by atoms with E-state index in [-0.39, 0.29) is 10.6 Å². The number of halogens is 3. The second-order valence-corrected chi connectivity index (χ2v) is 12.1. The third kappa shape index (κ3) is 5.46. The van der Waals surface area contributed by atoms with Gasteiger partial charge in [0.25, 0.3) is 5.91 Å². The summed E-state index contributed by atoms with van der Waals surface area (Å²) >= 11 is 2.09. The van der Waals surface area contributed by atoms with Gasteiger partial charge in [0.05, 0.1) is 35.0 Å². The largest absolute Gasteiger partial charge is 0.497 e. The van der Waals surface area contributed by atoms with Gasteiger partial charge in [0.1, 0.15) is 16.7 Å². The second-order valence-electron chi connectivity index (χ2n) is 9.91. The van der Waals surface area contributed by atoms with Gasteiger partial charge in [0.2, 0.25) is 11.8 Å². The molecule has 2 aliphatic rings. The summed E-state index contributed by atoms with van der Waals surface area (Å²) in [5.41, 5.74) is -0.425. The number of nitrogens with one attached hydrogen (secondary N) is 2. The minimum absolute atomic E-state index is 0.213. The Balaban J connectivity index is 1.26. The average molecular weight is 642 g/mol. The van der Waals surface area contributed by atoms with E-state index in [0.29, 0.717) is 26.9 Å². The first-order valence-corrected chi connectivity index (χ1v) is 14.8. The van der Waals surface area contributed by atoms with Gasteiger partial charge in [-0.3, -0.25) is 19.2 Å². The smallest absolute Gasteiger partial charge is 0.418 e. The SMILES string of the molecule is COc1ccc(N2C(=O)C3Sc4[nH]c(=O)sc4C(c4cccc(OCC(=O)Nc5ccccc5C(F)(F)F)c4)C3C2=O)cc1. The third-order valence-electron chi connectivity index (χ3n) is 7.25. The fraction of sp³-hybridized carbons (Fsp3) is 0.200. The number of thioether (sulfide) groups is 1. The fourth-order valence-electron chi connectivity index (χ4n) is 5.33. The van der Waals surface area contributed by atoms with E-state index in [1.54, 1.807) is 48.5 Å². The van der Waals surface area contributed by atoms with Crippen LogP contribution in [0.4, 0.5) is 24.5 Å². The molecule has 3 atom stereocenters. The number of benzene rings is 3. The van der Waals surface area contributed by atoms with E-state index in [2.05, 4.69) is 10.3 Å². The van der Waals surface area contributed by atoms with Gasteiger partial charge in [-0.2, -0.15) is 13.2 Å². The van der Waals surface area contributed by atoms with Gasteiger partial charge in [-0.25, -0.2) is 4.90 Å². The Morgan fingerprint density at radius 3 is 2.45 bits per heavy atom. The molecule has 226 valence electrons. The third-order valence-corrected chi connectivity index (χ3v) is 9.65. The van der Waals surface area contributed by atoms with Crippen molar-refractivity contribution in [2.24, 2.45) is 5.92 Å². The molecule has 44 heavy (non-hydrogen) atoms. The number of carbonyl (C=O) groups is 3. The van der Waals surface area contributed by atoms with E-state index in [1.165, 1.54) is 19.2 Å². The van der Waals surface area contributed by atoms with E-state index < -0.39 is 58.8 Å². The molecule has 14 heteroatoms. The van der Waals surface area contributed by atoms with Crippen LogP contribution < -0.4 is 24.6 Å². The van der Waals surface area contributed by atoms with Crippen molar-refractivity contribution in [1.82, 2.24) is 4.98 Å². The number of amides is 3. The highest BCUT2D eigenvalue weighted by molar-refractivity contribution is 8.00. The summed E-state index contributed by atoms with van der Waals surface area (Å²) in [7, 11) is 1.51. The summed E-state index contributed by atoms with van der Waals surface area (Å²) in [5, 5.41) is 1.92. The Kier molecular flexibility index (Phi) is 7.72. The Bertz CT molecular complexity index is 1820. The first kappa shape index (κ1) is 29.5. The van der Waals surface area contributed by atoms with Crippen LogP contribution in [-0.2, 0) is 20.6 Å². The number of aromatic amines is 1. The fourth-order valence-corrected chi connectivity index (χ4v) is 7.85. The van der Waals surface area contributed by atoms with Crippen molar-refractivity contribution >= 4 is 52.2 Å². The Hall–Kier alpha value is -4.56. The molecule has 1 aromatic heterocycles. The summed E-state index contributed by atoms with van der Waals surface area (Å²) < 4.78 is 50.8. The van der Waals surface area contributed by atoms with Crippen LogP contribution in [0.3, 0.4) is 0 Å². The monoisotopic (exact) mass is 641 g/mol. The number of nitrogens with zero attached hydrogens (tertiary/aromatic N) is 1. The van der Waals surface area contributed by atoms with Gasteiger partial charge in [0.15, 0.2) is 6.61 Å². The standard InChI is InChI=1S/C30H22F3N3O6S2/c1-41-17-11-9-16(10-12-17)36-27(38)23-22(24-26(35-29(40)44-24)43-25(23)28(36)39)15-5-4-6-18(13-15)42-14-21(37)34-20-8-3-2-7-19(20)30(31,32)33/h2-13,22-23,25H,14H2,1H3,(H,34,37)(H,35,40). The number of hydrogen-bond acceptors (Lipinski definition) is 8. The van der Waals surface area contributed by atoms with Crippen molar-refractivity contribution in [3.63, 3.8) is 0 Å². The highest BCUT2D eigenvalue weighted by Gasteiger charge is 2.56. The predicted octanol–water partition coefficient (Wildman–Crippen LogP) is 5.28. The van der Waals surface area contributed by atoms with E-state index in [1.807, 2.05) is 0 Å². The van der Waals surface area contributed by atoms with Crippen LogP contribution in [0.2, 0.25) is 0 Å². The maximum absolute atomic E-state index is 13.9. The summed E-state index contributed by atoms with van der Waals surface area (Å²) in [4.78, 5) is 56.6. The highest BCUT2D eigenvalue weighted by Crippen LogP contribution is 2.53. The van der Waals surface area contributed by atoms with Crippen molar-refractivity contribution in [3.8, 4) is 11.5 Å². The molecule has 1 fully saturated rings. The Morgan fingerprint density at radius 2 is 1.73 bits per heavy atom. The maximum Gasteiger partial charge on any atom is 0.418 e. The topological polar surface area (TPSA) is 118 Å². The number of hydrogen-bond donors (Lipinski definition) is 2. The first-order chi connectivity index (χ1) is 21.0. The van der Waals surface area contributed by atoms with Gasteiger partial charge in [0, 0.05) is 10.8 Å². The molecule has 3 unspecified atom stereocenters. The van der Waals surface area contributed by atoms with Gasteiger partial charge in [-0.15, -0.1) is 0 Å². The summed E-state index contributed by atoms with van der Waals surface area (Å²) in [6, 6.07) is 17.7. The molecule has 0 radical (unpaired) electrons. The molecule has 2 aliphatic heterocycles. The lowest BCUT2D eigenvalue weighted by Crippen LogP contribution is -2.32. The van der Waals surface area contributed by atoms with Crippen molar-refractivity contribution in [2.75, 3.05) is 23.9 Å². The van der Waals surface area contributed by atoms with Crippen molar-refractivity contribution < 1.29 is 37.0 Å². The lowest BCUT2D eigenvalue weighted by Gasteiger charge is -2.30. The molecule has 0 aliphatic carbocycles. The first-order valence-electron chi connectivity index (χ1n) is 13.2. The number of alkyl halides is 3. The zero-order chi connectivity index (χ0) is 31.2. The Labute approximate surface area is 256 Å². The number of H-pyrrole nitrogens is 1. The molecule has 0 bridgehead atoms. The van der Waals surface area contributed by atoms with Crippen LogP contribution >= 0.6 is 23.1 Å². The van der Waals surface area contributed by atoms with Crippen LogP contribution in [0.25, 0.3) is 0 Å². The number of rotatable bonds is 7. The van der Waals surface area contributed by atoms with Crippen LogP contribution in [-0.4, -0.2) is 41.7 Å². The number of ether oxygens (including phenoxy) is 2. The number of thiazole rings is 1. The van der Waals surface area contributed by atoms with Gasteiger partial charge in [-0.1, -0.05) is 47.4 Å². The van der Waals surface area contributed by atoms with Crippen molar-refractivity contribution in [3.05, 3.63) is 98.5 Å². The van der Waals surface area contributed by atoms with Gasteiger partial charge < -0.3 is 19.8 Å². The minimum atomic E-state index is -4.65. The Morgan fingerprint density at radius 1 is 0.977 bits per heavy atom. The number of aromatic nitrogens is 1. The minimum Gasteiger partial charge on any atom is -0.497 e. The van der Waals surface area contributed by atoms with Crippen molar-refractivity contribution in [2.45, 2.75) is 22.4 Å². The van der Waals surface area contributed by atoms with E-state index in [4.69, 9.17) is 9.47 Å². The quantitative estimate of drug-likeness (QED) is 0.264. The average Bonchev–Trinajstić information content (AvgIpc) is 3.50. The molecule has 0 spiro atoms. The number of anilines is 2. The molecular weight excluding hydrogens is 619 g/mol.